The molecular weight excluding hydrogens is 216 g/mol. The number of nitrogen functional groups attached to an aromatic ring is 1. The molecule has 0 atom stereocenters. The van der Waals surface area contributed by atoms with Crippen LogP contribution in [0, 0.1) is 5.92 Å². The van der Waals surface area contributed by atoms with E-state index in [0.29, 0.717) is 17.3 Å². The summed E-state index contributed by atoms with van der Waals surface area (Å²) in [6.07, 6.45) is 2.16. The summed E-state index contributed by atoms with van der Waals surface area (Å²) >= 11 is 0. The predicted octanol–water partition coefficient (Wildman–Crippen LogP) is 2.82. The highest BCUT2D eigenvalue weighted by Crippen LogP contribution is 2.19. The third-order valence-corrected chi connectivity index (χ3v) is 2.55. The number of hydrogen-bond acceptors (Lipinski definition) is 3. The lowest BCUT2D eigenvalue weighted by Gasteiger charge is -2.11. The Labute approximate surface area is 102 Å². The minimum atomic E-state index is -0.955. The SMILES string of the molecule is CC(C)CCCNc1ccc(N)cc1C(=O)O. The van der Waals surface area contributed by atoms with Crippen LogP contribution in [0.3, 0.4) is 0 Å². The molecule has 4 heteroatoms. The molecule has 0 aliphatic heterocycles. The van der Waals surface area contributed by atoms with Gasteiger partial charge < -0.3 is 16.2 Å². The van der Waals surface area contributed by atoms with Gasteiger partial charge in [0.2, 0.25) is 0 Å². The molecule has 0 unspecified atom stereocenters. The number of carboxylic acids is 1. The third kappa shape index (κ3) is 4.34. The van der Waals surface area contributed by atoms with E-state index in [0.717, 1.165) is 19.4 Å². The van der Waals surface area contributed by atoms with Gasteiger partial charge in [0.1, 0.15) is 0 Å². The zero-order chi connectivity index (χ0) is 12.8. The Balaban J connectivity index is 2.61. The van der Waals surface area contributed by atoms with Crippen LogP contribution >= 0.6 is 0 Å². The van der Waals surface area contributed by atoms with Crippen LogP contribution < -0.4 is 11.1 Å². The normalized spacial score (nSPS) is 10.5. The Bertz CT molecular complexity index is 389. The van der Waals surface area contributed by atoms with E-state index in [1.54, 1.807) is 12.1 Å². The van der Waals surface area contributed by atoms with Gasteiger partial charge in [0.15, 0.2) is 0 Å². The number of rotatable bonds is 6. The molecule has 0 amide bonds. The molecule has 1 rings (SSSR count). The van der Waals surface area contributed by atoms with Gasteiger partial charge in [0.25, 0.3) is 0 Å². The molecule has 0 aliphatic rings. The first-order chi connectivity index (χ1) is 8.00. The topological polar surface area (TPSA) is 75.3 Å². The number of benzene rings is 1. The van der Waals surface area contributed by atoms with Gasteiger partial charge in [-0.15, -0.1) is 0 Å². The molecule has 0 saturated heterocycles. The molecule has 1 aromatic rings. The summed E-state index contributed by atoms with van der Waals surface area (Å²) in [5.74, 6) is -0.286. The van der Waals surface area contributed by atoms with Crippen molar-refractivity contribution in [2.75, 3.05) is 17.6 Å². The smallest absolute Gasteiger partial charge is 0.337 e. The zero-order valence-corrected chi connectivity index (χ0v) is 10.4. The second-order valence-electron chi connectivity index (χ2n) is 4.57. The van der Waals surface area contributed by atoms with E-state index in [-0.39, 0.29) is 5.56 Å². The van der Waals surface area contributed by atoms with Gasteiger partial charge in [0.05, 0.1) is 5.56 Å². The fourth-order valence-electron chi connectivity index (χ4n) is 1.63. The van der Waals surface area contributed by atoms with Crippen molar-refractivity contribution in [2.24, 2.45) is 5.92 Å². The first kappa shape index (κ1) is 13.4. The predicted molar refractivity (Wildman–Crippen MR) is 70.4 cm³/mol. The molecule has 0 spiro atoms. The molecule has 4 nitrogen and oxygen atoms in total. The molecule has 0 fully saturated rings. The van der Waals surface area contributed by atoms with Crippen molar-refractivity contribution < 1.29 is 9.90 Å². The summed E-state index contributed by atoms with van der Waals surface area (Å²) in [5.41, 5.74) is 6.90. The summed E-state index contributed by atoms with van der Waals surface area (Å²) in [6, 6.07) is 4.90. The van der Waals surface area contributed by atoms with Crippen molar-refractivity contribution in [1.29, 1.82) is 0 Å². The number of carbonyl (C=O) groups is 1. The second kappa shape index (κ2) is 6.13. The van der Waals surface area contributed by atoms with E-state index in [4.69, 9.17) is 10.8 Å². The average Bonchev–Trinajstić information content (AvgIpc) is 2.25. The number of carboxylic acid groups (broad SMARTS) is 1. The van der Waals surface area contributed by atoms with Crippen LogP contribution in [0.1, 0.15) is 37.0 Å². The van der Waals surface area contributed by atoms with E-state index in [2.05, 4.69) is 19.2 Å². The van der Waals surface area contributed by atoms with Crippen molar-refractivity contribution >= 4 is 17.3 Å². The molecule has 17 heavy (non-hydrogen) atoms. The lowest BCUT2D eigenvalue weighted by Crippen LogP contribution is -2.09. The summed E-state index contributed by atoms with van der Waals surface area (Å²) in [7, 11) is 0. The van der Waals surface area contributed by atoms with E-state index in [1.165, 1.54) is 6.07 Å². The maximum Gasteiger partial charge on any atom is 0.337 e. The van der Waals surface area contributed by atoms with Gasteiger partial charge in [-0.3, -0.25) is 0 Å². The highest BCUT2D eigenvalue weighted by atomic mass is 16.4. The van der Waals surface area contributed by atoms with E-state index in [1.807, 2.05) is 0 Å². The van der Waals surface area contributed by atoms with Gasteiger partial charge in [-0.2, -0.15) is 0 Å². The van der Waals surface area contributed by atoms with Crippen LogP contribution in [0.5, 0.6) is 0 Å². The summed E-state index contributed by atoms with van der Waals surface area (Å²) in [6.45, 7) is 5.13. The van der Waals surface area contributed by atoms with Crippen molar-refractivity contribution in [3.8, 4) is 0 Å². The minimum absolute atomic E-state index is 0.231. The summed E-state index contributed by atoms with van der Waals surface area (Å²) < 4.78 is 0. The summed E-state index contributed by atoms with van der Waals surface area (Å²) in [4.78, 5) is 11.0. The quantitative estimate of drug-likeness (QED) is 0.524. The molecule has 0 bridgehead atoms. The Kier molecular flexibility index (Phi) is 4.82. The van der Waals surface area contributed by atoms with Crippen molar-refractivity contribution in [2.45, 2.75) is 26.7 Å². The van der Waals surface area contributed by atoms with E-state index in [9.17, 15) is 4.79 Å². The van der Waals surface area contributed by atoms with Crippen molar-refractivity contribution in [3.05, 3.63) is 23.8 Å². The molecule has 94 valence electrons. The van der Waals surface area contributed by atoms with Crippen LogP contribution in [0.25, 0.3) is 0 Å². The van der Waals surface area contributed by atoms with Gasteiger partial charge in [-0.25, -0.2) is 4.79 Å². The maximum absolute atomic E-state index is 11.0. The lowest BCUT2D eigenvalue weighted by atomic mass is 10.1. The van der Waals surface area contributed by atoms with Crippen LogP contribution in [0.4, 0.5) is 11.4 Å². The molecular formula is C13H20N2O2. The molecule has 0 saturated carbocycles. The molecule has 1 aromatic carbocycles. The molecule has 4 N–H and O–H groups in total. The molecule has 0 aliphatic carbocycles. The Hall–Kier alpha value is -1.71. The lowest BCUT2D eigenvalue weighted by molar-refractivity contribution is 0.0698. The van der Waals surface area contributed by atoms with Crippen LogP contribution in [-0.2, 0) is 0 Å². The van der Waals surface area contributed by atoms with E-state index >= 15 is 0 Å². The largest absolute Gasteiger partial charge is 0.478 e. The maximum atomic E-state index is 11.0. The first-order valence-corrected chi connectivity index (χ1v) is 5.87. The highest BCUT2D eigenvalue weighted by molar-refractivity contribution is 5.95. The standard InChI is InChI=1S/C13H20N2O2/c1-9(2)4-3-7-15-12-6-5-10(14)8-11(12)13(16)17/h5-6,8-9,15H,3-4,7,14H2,1-2H3,(H,16,17). The van der Waals surface area contributed by atoms with Crippen LogP contribution in [0.15, 0.2) is 18.2 Å². The van der Waals surface area contributed by atoms with Gasteiger partial charge >= 0.3 is 5.97 Å². The van der Waals surface area contributed by atoms with Gasteiger partial charge in [-0.1, -0.05) is 13.8 Å². The number of anilines is 2. The van der Waals surface area contributed by atoms with Gasteiger partial charge in [0, 0.05) is 17.9 Å². The number of hydrogen-bond donors (Lipinski definition) is 3. The number of nitrogens with one attached hydrogen (secondary N) is 1. The molecule has 0 aromatic heterocycles. The Morgan fingerprint density at radius 2 is 2.18 bits per heavy atom. The minimum Gasteiger partial charge on any atom is -0.478 e. The number of aromatic carboxylic acids is 1. The highest BCUT2D eigenvalue weighted by Gasteiger charge is 2.09. The zero-order valence-electron chi connectivity index (χ0n) is 10.4. The van der Waals surface area contributed by atoms with Crippen molar-refractivity contribution in [1.82, 2.24) is 0 Å². The van der Waals surface area contributed by atoms with Crippen molar-refractivity contribution in [3.63, 3.8) is 0 Å². The molecule has 0 heterocycles. The van der Waals surface area contributed by atoms with E-state index < -0.39 is 5.97 Å². The first-order valence-electron chi connectivity index (χ1n) is 5.87. The van der Waals surface area contributed by atoms with Crippen LogP contribution in [0.2, 0.25) is 0 Å². The Morgan fingerprint density at radius 1 is 1.47 bits per heavy atom. The fraction of sp³-hybridized carbons (Fsp3) is 0.462. The Morgan fingerprint density at radius 3 is 2.76 bits per heavy atom. The number of nitrogens with two attached hydrogens (primary N) is 1. The fourth-order valence-corrected chi connectivity index (χ4v) is 1.63. The third-order valence-electron chi connectivity index (χ3n) is 2.55. The average molecular weight is 236 g/mol. The van der Waals surface area contributed by atoms with Crippen LogP contribution in [-0.4, -0.2) is 17.6 Å². The second-order valence-corrected chi connectivity index (χ2v) is 4.57. The summed E-state index contributed by atoms with van der Waals surface area (Å²) in [5, 5.41) is 12.2. The monoisotopic (exact) mass is 236 g/mol. The molecule has 0 radical (unpaired) electrons. The van der Waals surface area contributed by atoms with Gasteiger partial charge in [-0.05, 0) is 37.0 Å².